The number of Topliss-reactive ketones (excluding diaryl/α,β-unsaturated/α-hetero) is 1. The molecule has 1 aliphatic heterocycles. The number of ether oxygens (including phenoxy) is 8. The molecule has 110 heavy (non-hydrogen) atoms. The van der Waals surface area contributed by atoms with Crippen molar-refractivity contribution in [3.05, 3.63) is 75.6 Å². The van der Waals surface area contributed by atoms with Crippen molar-refractivity contribution < 1.29 is 111 Å². The van der Waals surface area contributed by atoms with Crippen LogP contribution in [0.2, 0.25) is 0 Å². The Morgan fingerprint density at radius 3 is 1.90 bits per heavy atom. The third-order valence-electron chi connectivity index (χ3n) is 18.5. The van der Waals surface area contributed by atoms with Crippen molar-refractivity contribution in [2.45, 2.75) is 187 Å². The van der Waals surface area contributed by atoms with Gasteiger partial charge in [-0.05, 0) is 88.2 Å². The number of phenolic OH excluding ortho intramolecular Hbond substituents is 2. The van der Waals surface area contributed by atoms with Gasteiger partial charge in [-0.25, -0.2) is 24.6 Å². The van der Waals surface area contributed by atoms with Crippen molar-refractivity contribution in [2.75, 3.05) is 81.6 Å². The number of nitrogens with zero attached hydrogens (tertiary/aromatic N) is 3. The number of benzene rings is 2. The SMILES string of the molecule is CCCC(CCC)C(=O)N(NC(=O)OCCSSCCOC(=O)NCC1(CC(=O)OCC)CCCCC1)C(=O)C(CCC)CCC.COc1cccc2c1C(=O)c1c(O)c3c(c(O)c1C2=O)CC(O)(C(=O)CO)C[C@H]3OC1CC(NC(=O)OCCSSCCOC(=O)Nc2cccnc2/C=N/NC(N)=S)C(O)C(C)O1. The van der Waals surface area contributed by atoms with Crippen molar-refractivity contribution in [3.8, 4) is 17.2 Å². The Morgan fingerprint density at radius 2 is 1.34 bits per heavy atom. The minimum Gasteiger partial charge on any atom is -0.507 e. The molecule has 4 aliphatic rings. The number of phenols is 2. The molecule has 3 aromatic rings. The lowest BCUT2D eigenvalue weighted by atomic mass is 9.72. The number of hydrazine groups is 1. The second-order valence-electron chi connectivity index (χ2n) is 26.4. The number of aliphatic hydroxyl groups is 3. The Labute approximate surface area is 660 Å². The van der Waals surface area contributed by atoms with E-state index in [0.717, 1.165) is 62.8 Å². The number of amides is 6. The number of pyridine rings is 1. The van der Waals surface area contributed by atoms with Crippen LogP contribution in [-0.2, 0) is 58.8 Å². The molecule has 608 valence electrons. The van der Waals surface area contributed by atoms with Gasteiger partial charge in [0.15, 0.2) is 23.0 Å². The number of nitrogens with one attached hydrogen (secondary N) is 5. The van der Waals surface area contributed by atoms with E-state index in [1.165, 1.54) is 87.8 Å². The number of aromatic hydroxyl groups is 2. The number of esters is 1. The topological polar surface area (TPSA) is 460 Å². The minimum absolute atomic E-state index is 0.0320. The standard InChI is InChI=1S/C40H44N6O15S3.C33H59N3O8S2/c1-18-32(49)22(45-39(55)59-10-12-64-63-11-9-58-38(54)44-21-6-4-8-42-23(21)16-43-46-37(41)62)13-27(60-18)61-25-15-40(56,26(48)17-47)14-20-29(25)36(53)31-30(34(20)51)33(50)19-5-3-7-24(57-2)28(19)35(31)52;1-6-14-26(15-7-2)29(38)36(30(39)27(16-8-3)17-9-4)35-32(41)44-21-23-46-45-22-20-43-31(40)34-25-33(18-12-11-13-19-33)24-28(37)42-10-5/h3-8,16,18,22,25,27,32,47,49,51,53,56H,9-15,17H2,1-2H3,(H,44,54)(H,45,55)(H3,41,46,62);26-27H,6-25H2,1-5H3,(H,34,40)(H,35,41)/b43-16+;/t18?,22?,25-,27?,32?,40?;/m1./s1. The lowest BCUT2D eigenvalue weighted by molar-refractivity contribution is -0.249. The summed E-state index contributed by atoms with van der Waals surface area (Å²) in [5, 5.41) is 68.3. The fourth-order valence-electron chi connectivity index (χ4n) is 13.3. The number of carbonyl (C=O) groups is 10. The lowest BCUT2D eigenvalue weighted by Gasteiger charge is -2.42. The van der Waals surface area contributed by atoms with Crippen LogP contribution >= 0.6 is 55.4 Å². The summed E-state index contributed by atoms with van der Waals surface area (Å²) in [5.74, 6) is -4.05. The third kappa shape index (κ3) is 26.4. The zero-order chi connectivity index (χ0) is 80.5. The average Bonchev–Trinajstić information content (AvgIpc) is 0.710. The molecule has 2 fully saturated rings. The molecular weight excluding hydrogens is 1530 g/mol. The van der Waals surface area contributed by atoms with Gasteiger partial charge in [-0.1, -0.05) is 128 Å². The van der Waals surface area contributed by atoms with Crippen molar-refractivity contribution in [1.82, 2.24) is 31.5 Å². The van der Waals surface area contributed by atoms with Crippen LogP contribution in [0.4, 0.5) is 24.9 Å². The van der Waals surface area contributed by atoms with E-state index in [1.807, 2.05) is 27.7 Å². The molecule has 1 saturated heterocycles. The number of fused-ring (bicyclic) bond motifs is 3. The number of alkyl carbamates (subject to hydrolysis) is 2. The maximum atomic E-state index is 14.0. The van der Waals surface area contributed by atoms with Crippen LogP contribution in [0.5, 0.6) is 17.2 Å². The molecule has 1 saturated carbocycles. The van der Waals surface area contributed by atoms with Crippen molar-refractivity contribution in [3.63, 3.8) is 0 Å². The highest BCUT2D eigenvalue weighted by Crippen LogP contribution is 2.53. The minimum atomic E-state index is -2.37. The maximum absolute atomic E-state index is 14.0. The number of nitrogens with two attached hydrogens (primary N) is 1. The van der Waals surface area contributed by atoms with Gasteiger partial charge in [0, 0.05) is 83.5 Å². The third-order valence-corrected chi connectivity index (χ3v) is 23.3. The zero-order valence-electron chi connectivity index (χ0n) is 62.9. The summed E-state index contributed by atoms with van der Waals surface area (Å²) in [7, 11) is 6.95. The van der Waals surface area contributed by atoms with Crippen LogP contribution in [0.3, 0.4) is 0 Å². The molecule has 2 heterocycles. The average molecular weight is 1640 g/mol. The Bertz CT molecular complexity index is 3650. The van der Waals surface area contributed by atoms with E-state index in [2.05, 4.69) is 49.1 Å². The molecule has 6 atom stereocenters. The highest BCUT2D eigenvalue weighted by molar-refractivity contribution is 8.77. The monoisotopic (exact) mass is 1630 g/mol. The number of hydrogen-bond acceptors (Lipinski definition) is 30. The number of imide groups is 1. The Kier molecular flexibility index (Phi) is 38.4. The lowest BCUT2D eigenvalue weighted by Crippen LogP contribution is -2.56. The molecule has 0 bridgehead atoms. The molecular formula is C73H103N9O23S5. The molecule has 12 N–H and O–H groups in total. The molecule has 32 nitrogen and oxygen atoms in total. The molecule has 2 aromatic carbocycles. The van der Waals surface area contributed by atoms with Gasteiger partial charge < -0.3 is 79.8 Å². The largest absolute Gasteiger partial charge is 0.507 e. The number of ketones is 3. The van der Waals surface area contributed by atoms with E-state index < -0.39 is 120 Å². The summed E-state index contributed by atoms with van der Waals surface area (Å²) in [6.07, 6.45) is 4.48. The normalized spacial score (nSPS) is 18.9. The summed E-state index contributed by atoms with van der Waals surface area (Å²) >= 11 is 4.69. The summed E-state index contributed by atoms with van der Waals surface area (Å²) in [5.41, 5.74) is 6.39. The number of anilines is 1. The van der Waals surface area contributed by atoms with E-state index in [4.69, 9.17) is 43.6 Å². The van der Waals surface area contributed by atoms with Gasteiger partial charge in [-0.2, -0.15) is 10.1 Å². The second-order valence-corrected chi connectivity index (χ2v) is 32.3. The fraction of sp³-hybridized carbons (Fsp3) is 0.603. The molecule has 0 spiro atoms. The van der Waals surface area contributed by atoms with Crippen LogP contribution in [0, 0.1) is 17.3 Å². The number of carbonyl (C=O) groups excluding carboxylic acids is 10. The van der Waals surface area contributed by atoms with Crippen molar-refractivity contribution in [1.29, 1.82) is 0 Å². The number of methoxy groups -OCH3 is 1. The molecule has 0 radical (unpaired) electrons. The fourth-order valence-corrected chi connectivity index (χ4v) is 16.7. The highest BCUT2D eigenvalue weighted by Gasteiger charge is 2.51. The molecule has 37 heteroatoms. The number of hydrazone groups is 1. The summed E-state index contributed by atoms with van der Waals surface area (Å²) < 4.78 is 43.7. The van der Waals surface area contributed by atoms with Gasteiger partial charge in [-0.3, -0.25) is 44.5 Å². The first kappa shape index (κ1) is 91.1. The van der Waals surface area contributed by atoms with Gasteiger partial charge in [0.2, 0.25) is 5.78 Å². The summed E-state index contributed by atoms with van der Waals surface area (Å²) in [4.78, 5) is 134. The van der Waals surface area contributed by atoms with E-state index in [0.29, 0.717) is 79.6 Å². The Morgan fingerprint density at radius 1 is 0.764 bits per heavy atom. The van der Waals surface area contributed by atoms with Gasteiger partial charge in [-0.15, -0.1) is 0 Å². The quantitative estimate of drug-likeness (QED) is 0.00291. The van der Waals surface area contributed by atoms with Gasteiger partial charge in [0.25, 0.3) is 11.8 Å². The first-order valence-corrected chi connectivity index (χ1v) is 42.1. The first-order chi connectivity index (χ1) is 52.7. The highest BCUT2D eigenvalue weighted by atomic mass is 33.1. The summed E-state index contributed by atoms with van der Waals surface area (Å²) in [6.45, 7) is 11.3. The Balaban J connectivity index is 0.000000365. The Hall–Kier alpha value is -7.75. The van der Waals surface area contributed by atoms with Crippen LogP contribution in [0.25, 0.3) is 0 Å². The zero-order valence-corrected chi connectivity index (χ0v) is 67.0. The van der Waals surface area contributed by atoms with Gasteiger partial charge in [0.05, 0.1) is 67.0 Å². The van der Waals surface area contributed by atoms with E-state index in [1.54, 1.807) is 19.1 Å². The van der Waals surface area contributed by atoms with Crippen LogP contribution in [0.15, 0.2) is 41.6 Å². The molecule has 6 amide bonds. The smallest absolute Gasteiger partial charge is 0.426 e. The molecule has 3 aliphatic carbocycles. The van der Waals surface area contributed by atoms with Crippen LogP contribution in [0.1, 0.15) is 199 Å². The molecule has 1 aromatic heterocycles. The number of hydrogen-bond donors (Lipinski definition) is 11. The van der Waals surface area contributed by atoms with Crippen molar-refractivity contribution >= 4 is 132 Å². The number of aromatic nitrogens is 1. The van der Waals surface area contributed by atoms with Crippen LogP contribution < -0.4 is 37.3 Å². The second kappa shape index (κ2) is 46.3. The van der Waals surface area contributed by atoms with Gasteiger partial charge in [0.1, 0.15) is 67.7 Å². The van der Waals surface area contributed by atoms with E-state index in [9.17, 15) is 73.5 Å². The predicted octanol–water partition coefficient (Wildman–Crippen LogP) is 9.39. The maximum Gasteiger partial charge on any atom is 0.426 e. The number of aliphatic hydroxyl groups excluding tert-OH is 2. The summed E-state index contributed by atoms with van der Waals surface area (Å²) in [6, 6.07) is 6.48. The van der Waals surface area contributed by atoms with E-state index >= 15 is 0 Å². The van der Waals surface area contributed by atoms with Crippen molar-refractivity contribution in [2.24, 2.45) is 28.1 Å². The first-order valence-electron chi connectivity index (χ1n) is 36.7. The van der Waals surface area contributed by atoms with Gasteiger partial charge >= 0.3 is 30.3 Å². The number of rotatable bonds is 38. The van der Waals surface area contributed by atoms with Crippen LogP contribution in [-0.4, -0.2) is 213 Å². The molecule has 5 unspecified atom stereocenters. The van der Waals surface area contributed by atoms with E-state index in [-0.39, 0.29) is 101 Å². The predicted molar refractivity (Wildman–Crippen MR) is 418 cm³/mol. The molecule has 7 rings (SSSR count). The number of thiocarbonyl (C=S) groups is 1.